The van der Waals surface area contributed by atoms with E-state index in [9.17, 15) is 0 Å². The molecule has 1 aliphatic heterocycles. The Morgan fingerprint density at radius 1 is 1.60 bits per heavy atom. The van der Waals surface area contributed by atoms with E-state index in [0.717, 1.165) is 26.0 Å². The van der Waals surface area contributed by atoms with Gasteiger partial charge in [-0.2, -0.15) is 0 Å². The van der Waals surface area contributed by atoms with Crippen LogP contribution in [0.15, 0.2) is 0 Å². The van der Waals surface area contributed by atoms with Crippen molar-refractivity contribution in [3.05, 3.63) is 0 Å². The highest BCUT2D eigenvalue weighted by atomic mass is 16.5. The maximum Gasteiger partial charge on any atom is 0.0576 e. The van der Waals surface area contributed by atoms with E-state index in [4.69, 9.17) is 10.6 Å². The van der Waals surface area contributed by atoms with E-state index in [2.05, 4.69) is 5.43 Å². The van der Waals surface area contributed by atoms with Gasteiger partial charge in [-0.1, -0.05) is 0 Å². The second-order valence-electron chi connectivity index (χ2n) is 2.73. The molecule has 0 aromatic carbocycles. The maximum absolute atomic E-state index is 5.43. The summed E-state index contributed by atoms with van der Waals surface area (Å²) in [5, 5.41) is 0. The molecule has 1 saturated heterocycles. The van der Waals surface area contributed by atoms with Gasteiger partial charge in [-0.3, -0.25) is 11.3 Å². The SMILES string of the molecule is NNCCCC1CCCO1. The lowest BCUT2D eigenvalue weighted by atomic mass is 10.1. The summed E-state index contributed by atoms with van der Waals surface area (Å²) < 4.78 is 5.43. The van der Waals surface area contributed by atoms with Gasteiger partial charge in [-0.05, 0) is 25.7 Å². The monoisotopic (exact) mass is 144 g/mol. The molecule has 1 fully saturated rings. The highest BCUT2D eigenvalue weighted by molar-refractivity contribution is 4.64. The summed E-state index contributed by atoms with van der Waals surface area (Å²) in [7, 11) is 0. The zero-order valence-corrected chi connectivity index (χ0v) is 6.31. The Morgan fingerprint density at radius 2 is 2.50 bits per heavy atom. The van der Waals surface area contributed by atoms with E-state index < -0.39 is 0 Å². The van der Waals surface area contributed by atoms with Gasteiger partial charge in [0.05, 0.1) is 6.10 Å². The molecule has 1 aliphatic rings. The third-order valence-electron chi connectivity index (χ3n) is 1.87. The Morgan fingerprint density at radius 3 is 3.10 bits per heavy atom. The molecule has 3 heteroatoms. The second kappa shape index (κ2) is 4.66. The topological polar surface area (TPSA) is 47.3 Å². The van der Waals surface area contributed by atoms with Crippen molar-refractivity contribution in [2.45, 2.75) is 31.8 Å². The lowest BCUT2D eigenvalue weighted by Gasteiger charge is -2.07. The smallest absolute Gasteiger partial charge is 0.0576 e. The van der Waals surface area contributed by atoms with Gasteiger partial charge in [0.1, 0.15) is 0 Å². The average molecular weight is 144 g/mol. The van der Waals surface area contributed by atoms with Crippen LogP contribution in [0.2, 0.25) is 0 Å². The van der Waals surface area contributed by atoms with Crippen molar-refractivity contribution in [2.75, 3.05) is 13.2 Å². The fraction of sp³-hybridized carbons (Fsp3) is 1.00. The molecule has 10 heavy (non-hydrogen) atoms. The highest BCUT2D eigenvalue weighted by Crippen LogP contribution is 2.15. The molecule has 1 heterocycles. The van der Waals surface area contributed by atoms with Crippen LogP contribution < -0.4 is 11.3 Å². The molecule has 0 bridgehead atoms. The molecule has 0 spiro atoms. The van der Waals surface area contributed by atoms with Gasteiger partial charge < -0.3 is 4.74 Å². The lowest BCUT2D eigenvalue weighted by molar-refractivity contribution is 0.102. The first-order valence-corrected chi connectivity index (χ1v) is 3.98. The van der Waals surface area contributed by atoms with Crippen molar-refractivity contribution in [3.8, 4) is 0 Å². The Kier molecular flexibility index (Phi) is 3.72. The summed E-state index contributed by atoms with van der Waals surface area (Å²) in [5.41, 5.74) is 2.64. The predicted molar refractivity (Wildman–Crippen MR) is 40.4 cm³/mol. The Bertz CT molecular complexity index is 81.7. The minimum Gasteiger partial charge on any atom is -0.378 e. The molecule has 0 aromatic heterocycles. The van der Waals surface area contributed by atoms with E-state index in [0.29, 0.717) is 6.10 Å². The summed E-state index contributed by atoms with van der Waals surface area (Å²) in [6, 6.07) is 0. The second-order valence-corrected chi connectivity index (χ2v) is 2.73. The van der Waals surface area contributed by atoms with Crippen LogP contribution in [0.25, 0.3) is 0 Å². The van der Waals surface area contributed by atoms with Crippen molar-refractivity contribution in [1.82, 2.24) is 5.43 Å². The van der Waals surface area contributed by atoms with Crippen LogP contribution in [0.3, 0.4) is 0 Å². The molecular weight excluding hydrogens is 128 g/mol. The Labute approximate surface area is 61.9 Å². The van der Waals surface area contributed by atoms with E-state index in [-0.39, 0.29) is 0 Å². The molecule has 3 nitrogen and oxygen atoms in total. The minimum atomic E-state index is 0.522. The fourth-order valence-electron chi connectivity index (χ4n) is 1.30. The number of nitrogens with one attached hydrogen (secondary N) is 1. The number of rotatable bonds is 4. The highest BCUT2D eigenvalue weighted by Gasteiger charge is 2.13. The molecule has 1 rings (SSSR count). The lowest BCUT2D eigenvalue weighted by Crippen LogP contribution is -2.23. The molecule has 0 aliphatic carbocycles. The molecule has 0 amide bonds. The third kappa shape index (κ3) is 2.64. The van der Waals surface area contributed by atoms with Gasteiger partial charge in [-0.25, -0.2) is 0 Å². The zero-order valence-electron chi connectivity index (χ0n) is 6.31. The first-order valence-electron chi connectivity index (χ1n) is 3.98. The fourth-order valence-corrected chi connectivity index (χ4v) is 1.30. The number of ether oxygens (including phenoxy) is 1. The molecule has 0 saturated carbocycles. The molecule has 60 valence electrons. The van der Waals surface area contributed by atoms with Gasteiger partial charge in [-0.15, -0.1) is 0 Å². The van der Waals surface area contributed by atoms with Crippen LogP contribution in [-0.2, 0) is 4.74 Å². The molecular formula is C7H16N2O. The Hall–Kier alpha value is -0.120. The number of hydrazine groups is 1. The minimum absolute atomic E-state index is 0.522. The van der Waals surface area contributed by atoms with Gasteiger partial charge in [0, 0.05) is 13.2 Å². The predicted octanol–water partition coefficient (Wildman–Crippen LogP) is 0.409. The average Bonchev–Trinajstić information content (AvgIpc) is 2.41. The van der Waals surface area contributed by atoms with Crippen LogP contribution in [0.4, 0.5) is 0 Å². The van der Waals surface area contributed by atoms with Gasteiger partial charge in [0.2, 0.25) is 0 Å². The third-order valence-corrected chi connectivity index (χ3v) is 1.87. The van der Waals surface area contributed by atoms with Crippen LogP contribution in [0.1, 0.15) is 25.7 Å². The van der Waals surface area contributed by atoms with Crippen molar-refractivity contribution in [1.29, 1.82) is 0 Å². The Balaban J connectivity index is 1.91. The van der Waals surface area contributed by atoms with Crippen LogP contribution >= 0.6 is 0 Å². The van der Waals surface area contributed by atoms with Crippen molar-refractivity contribution >= 4 is 0 Å². The van der Waals surface area contributed by atoms with Gasteiger partial charge in [0.25, 0.3) is 0 Å². The maximum atomic E-state index is 5.43. The standard InChI is InChI=1S/C7H16N2O/c8-9-5-1-3-7-4-2-6-10-7/h7,9H,1-6,8H2. The molecule has 0 aromatic rings. The molecule has 0 radical (unpaired) electrons. The summed E-state index contributed by atoms with van der Waals surface area (Å²) >= 11 is 0. The number of hydrogen-bond acceptors (Lipinski definition) is 3. The number of hydrogen-bond donors (Lipinski definition) is 2. The van der Waals surface area contributed by atoms with Gasteiger partial charge in [0.15, 0.2) is 0 Å². The van der Waals surface area contributed by atoms with E-state index in [1.54, 1.807) is 0 Å². The van der Waals surface area contributed by atoms with E-state index >= 15 is 0 Å². The summed E-state index contributed by atoms with van der Waals surface area (Å²) in [5.74, 6) is 5.12. The molecule has 3 N–H and O–H groups in total. The normalized spacial score (nSPS) is 25.5. The summed E-state index contributed by atoms with van der Waals surface area (Å²) in [4.78, 5) is 0. The van der Waals surface area contributed by atoms with Crippen LogP contribution in [-0.4, -0.2) is 19.3 Å². The summed E-state index contributed by atoms with van der Waals surface area (Å²) in [6.45, 7) is 1.86. The van der Waals surface area contributed by atoms with Crippen molar-refractivity contribution in [2.24, 2.45) is 5.84 Å². The van der Waals surface area contributed by atoms with E-state index in [1.165, 1.54) is 12.8 Å². The summed E-state index contributed by atoms with van der Waals surface area (Å²) in [6.07, 6.45) is 5.28. The molecule has 1 unspecified atom stereocenters. The zero-order chi connectivity index (χ0) is 7.23. The van der Waals surface area contributed by atoms with Gasteiger partial charge >= 0.3 is 0 Å². The van der Waals surface area contributed by atoms with Crippen LogP contribution in [0, 0.1) is 0 Å². The molecule has 1 atom stereocenters. The number of nitrogens with two attached hydrogens (primary N) is 1. The first-order chi connectivity index (χ1) is 4.93. The quantitative estimate of drug-likeness (QED) is 0.341. The van der Waals surface area contributed by atoms with Crippen molar-refractivity contribution in [3.63, 3.8) is 0 Å². The van der Waals surface area contributed by atoms with Crippen molar-refractivity contribution < 1.29 is 4.74 Å². The van der Waals surface area contributed by atoms with E-state index in [1.807, 2.05) is 0 Å². The van der Waals surface area contributed by atoms with Crippen LogP contribution in [0.5, 0.6) is 0 Å². The largest absolute Gasteiger partial charge is 0.378 e. The first kappa shape index (κ1) is 7.98.